The number of aromatic nitrogens is 5. The summed E-state index contributed by atoms with van der Waals surface area (Å²) >= 11 is 0. The number of hydrogen-bond donors (Lipinski definition) is 0. The van der Waals surface area contributed by atoms with Gasteiger partial charge in [-0.25, -0.2) is 18.7 Å². The molecule has 1 saturated heterocycles. The molecule has 33 heavy (non-hydrogen) atoms. The zero-order valence-electron chi connectivity index (χ0n) is 19.2. The summed E-state index contributed by atoms with van der Waals surface area (Å²) in [5.74, 6) is -2.68. The number of hydrogen-bond acceptors (Lipinski definition) is 5. The van der Waals surface area contributed by atoms with Crippen LogP contribution in [-0.4, -0.2) is 36.8 Å². The first-order valence-electron chi connectivity index (χ1n) is 11.6. The summed E-state index contributed by atoms with van der Waals surface area (Å²) in [7, 11) is 1.86. The van der Waals surface area contributed by atoms with Gasteiger partial charge in [0.2, 0.25) is 5.92 Å². The average molecular weight is 458 g/mol. The van der Waals surface area contributed by atoms with Crippen LogP contribution >= 0.6 is 0 Å². The zero-order chi connectivity index (χ0) is 23.3. The number of fused-ring (bicyclic) bond motifs is 1. The van der Waals surface area contributed by atoms with Crippen LogP contribution in [0.15, 0.2) is 23.3 Å². The van der Waals surface area contributed by atoms with Gasteiger partial charge in [0.15, 0.2) is 5.65 Å². The number of ether oxygens (including phenoxy) is 1. The summed E-state index contributed by atoms with van der Waals surface area (Å²) in [4.78, 5) is 23.2. The fourth-order valence-corrected chi connectivity index (χ4v) is 5.16. The lowest BCUT2D eigenvalue weighted by molar-refractivity contribution is -0.0439. The Hall–Kier alpha value is -2.68. The van der Waals surface area contributed by atoms with Crippen LogP contribution in [0.4, 0.5) is 8.78 Å². The molecule has 1 aliphatic carbocycles. The third kappa shape index (κ3) is 4.18. The molecule has 2 unspecified atom stereocenters. The van der Waals surface area contributed by atoms with Gasteiger partial charge in [-0.2, -0.15) is 5.10 Å². The highest BCUT2D eigenvalue weighted by atomic mass is 19.3. The smallest absolute Gasteiger partial charge is 0.256 e. The Morgan fingerprint density at radius 3 is 2.55 bits per heavy atom. The molecule has 2 atom stereocenters. The van der Waals surface area contributed by atoms with Crippen molar-refractivity contribution >= 4 is 11.2 Å². The van der Waals surface area contributed by atoms with E-state index < -0.39 is 5.92 Å². The molecule has 9 heteroatoms. The van der Waals surface area contributed by atoms with Crippen molar-refractivity contribution in [3.8, 4) is 0 Å². The van der Waals surface area contributed by atoms with Crippen molar-refractivity contribution < 1.29 is 13.5 Å². The number of alkyl halides is 2. The summed E-state index contributed by atoms with van der Waals surface area (Å²) < 4.78 is 37.1. The molecule has 0 N–H and O–H groups in total. The van der Waals surface area contributed by atoms with Crippen molar-refractivity contribution in [3.05, 3.63) is 51.3 Å². The number of aryl methyl sites for hydroxylation is 3. The Labute approximate surface area is 190 Å². The van der Waals surface area contributed by atoms with E-state index in [1.807, 2.05) is 33.2 Å². The first-order chi connectivity index (χ1) is 15.7. The fourth-order valence-electron chi connectivity index (χ4n) is 5.16. The van der Waals surface area contributed by atoms with Crippen molar-refractivity contribution in [2.24, 2.45) is 7.05 Å². The summed E-state index contributed by atoms with van der Waals surface area (Å²) in [6, 6.07) is 1.56. The van der Waals surface area contributed by atoms with Gasteiger partial charge in [-0.1, -0.05) is 0 Å². The number of nitrogens with zero attached hydrogens (tertiary/aromatic N) is 5. The second-order valence-electron chi connectivity index (χ2n) is 9.49. The highest BCUT2D eigenvalue weighted by Crippen LogP contribution is 2.40. The minimum absolute atomic E-state index is 0.0134. The van der Waals surface area contributed by atoms with Crippen LogP contribution in [-0.2, 0) is 11.8 Å². The predicted octanol–water partition coefficient (Wildman–Crippen LogP) is 4.53. The fraction of sp³-hybridized carbons (Fsp3) is 0.583. The molecule has 0 aromatic carbocycles. The summed E-state index contributed by atoms with van der Waals surface area (Å²) in [5, 5.41) is 4.24. The Morgan fingerprint density at radius 2 is 1.85 bits per heavy atom. The molecule has 3 aromatic rings. The molecule has 7 nitrogen and oxygen atoms in total. The molecule has 2 fully saturated rings. The molecule has 1 aliphatic heterocycles. The van der Waals surface area contributed by atoms with Crippen LogP contribution in [0.1, 0.15) is 79.1 Å². The molecule has 3 aromatic heterocycles. The Kier molecular flexibility index (Phi) is 5.55. The van der Waals surface area contributed by atoms with E-state index in [1.165, 1.54) is 0 Å². The third-order valence-corrected chi connectivity index (χ3v) is 7.17. The molecule has 1 saturated carbocycles. The van der Waals surface area contributed by atoms with E-state index in [4.69, 9.17) is 9.72 Å². The maximum atomic E-state index is 13.9. The van der Waals surface area contributed by atoms with Crippen molar-refractivity contribution in [2.75, 3.05) is 6.61 Å². The normalized spacial score (nSPS) is 23.8. The van der Waals surface area contributed by atoms with Gasteiger partial charge in [-0.15, -0.1) is 0 Å². The van der Waals surface area contributed by atoms with Gasteiger partial charge in [-0.3, -0.25) is 14.0 Å². The van der Waals surface area contributed by atoms with Gasteiger partial charge in [0.05, 0.1) is 23.7 Å². The topological polar surface area (TPSA) is 74.8 Å². The highest BCUT2D eigenvalue weighted by molar-refractivity contribution is 5.72. The first kappa shape index (κ1) is 22.1. The molecule has 176 valence electrons. The van der Waals surface area contributed by atoms with Gasteiger partial charge in [0.1, 0.15) is 5.52 Å². The second kappa shape index (κ2) is 8.27. The number of halogens is 2. The van der Waals surface area contributed by atoms with Crippen LogP contribution in [0, 0.1) is 13.8 Å². The molecule has 0 spiro atoms. The molecule has 0 bridgehead atoms. The number of rotatable bonds is 3. The van der Waals surface area contributed by atoms with Gasteiger partial charge in [0.25, 0.3) is 5.56 Å². The van der Waals surface area contributed by atoms with Crippen LogP contribution < -0.4 is 5.56 Å². The molecule has 0 radical (unpaired) electrons. The van der Waals surface area contributed by atoms with Crippen LogP contribution in [0.3, 0.4) is 0 Å². The number of pyridine rings is 1. The standard InChI is InChI=1S/C24H29F2N5O2/c1-14-15(2)29-22-20(28-14)11-19(23(32)31(22)18-4-7-24(25,26)8-5-18)16-6-9-33-21(10-16)17-12-27-30(3)13-17/h11-13,16,18,21H,4-10H2,1-3H3. The van der Waals surface area contributed by atoms with Crippen LogP contribution in [0.5, 0.6) is 0 Å². The molecule has 0 amide bonds. The third-order valence-electron chi connectivity index (χ3n) is 7.17. The summed E-state index contributed by atoms with van der Waals surface area (Å²) in [6.45, 7) is 4.29. The lowest BCUT2D eigenvalue weighted by Gasteiger charge is -2.32. The van der Waals surface area contributed by atoms with E-state index in [1.54, 1.807) is 15.4 Å². The second-order valence-corrected chi connectivity index (χ2v) is 9.49. The summed E-state index contributed by atoms with van der Waals surface area (Å²) in [6.07, 6.45) is 5.06. The summed E-state index contributed by atoms with van der Waals surface area (Å²) in [5.41, 5.74) is 4.22. The van der Waals surface area contributed by atoms with Gasteiger partial charge < -0.3 is 4.74 Å². The van der Waals surface area contributed by atoms with Crippen molar-refractivity contribution in [3.63, 3.8) is 0 Å². The molecule has 2 aliphatic rings. The maximum absolute atomic E-state index is 13.9. The van der Waals surface area contributed by atoms with Crippen LogP contribution in [0.2, 0.25) is 0 Å². The minimum Gasteiger partial charge on any atom is -0.373 e. The molecular formula is C24H29F2N5O2. The molecular weight excluding hydrogens is 428 g/mol. The van der Waals surface area contributed by atoms with E-state index in [9.17, 15) is 13.6 Å². The van der Waals surface area contributed by atoms with Gasteiger partial charge in [-0.05, 0) is 51.5 Å². The Balaban J connectivity index is 1.58. The lowest BCUT2D eigenvalue weighted by Crippen LogP contribution is -2.35. The van der Waals surface area contributed by atoms with Gasteiger partial charge >= 0.3 is 0 Å². The van der Waals surface area contributed by atoms with E-state index >= 15 is 0 Å². The minimum atomic E-state index is -2.66. The average Bonchev–Trinajstić information content (AvgIpc) is 3.22. The van der Waals surface area contributed by atoms with E-state index in [0.717, 1.165) is 23.4 Å². The first-order valence-corrected chi connectivity index (χ1v) is 11.6. The van der Waals surface area contributed by atoms with E-state index in [-0.39, 0.29) is 49.3 Å². The maximum Gasteiger partial charge on any atom is 0.256 e. The van der Waals surface area contributed by atoms with E-state index in [0.29, 0.717) is 29.8 Å². The quantitative estimate of drug-likeness (QED) is 0.578. The predicted molar refractivity (Wildman–Crippen MR) is 120 cm³/mol. The highest BCUT2D eigenvalue weighted by Gasteiger charge is 2.37. The Bertz CT molecular complexity index is 1240. The SMILES string of the molecule is Cc1nc2cc(C3CCOC(c4cnn(C)c4)C3)c(=O)n(C3CCC(F)(F)CC3)c2nc1C. The Morgan fingerprint density at radius 1 is 1.12 bits per heavy atom. The lowest BCUT2D eigenvalue weighted by atomic mass is 9.87. The largest absolute Gasteiger partial charge is 0.373 e. The van der Waals surface area contributed by atoms with Gasteiger partial charge in [0, 0.05) is 49.9 Å². The molecule has 5 rings (SSSR count). The van der Waals surface area contributed by atoms with E-state index in [2.05, 4.69) is 10.1 Å². The zero-order valence-corrected chi connectivity index (χ0v) is 19.2. The van der Waals surface area contributed by atoms with Crippen molar-refractivity contribution in [2.45, 2.75) is 76.4 Å². The van der Waals surface area contributed by atoms with Crippen molar-refractivity contribution in [1.29, 1.82) is 0 Å². The van der Waals surface area contributed by atoms with Crippen LogP contribution in [0.25, 0.3) is 11.2 Å². The molecule has 4 heterocycles. The van der Waals surface area contributed by atoms with Crippen molar-refractivity contribution in [1.82, 2.24) is 24.3 Å². The monoisotopic (exact) mass is 457 g/mol.